The molecule has 4 N–H and O–H groups in total. The van der Waals surface area contributed by atoms with Gasteiger partial charge in [-0.2, -0.15) is 0 Å². The van der Waals surface area contributed by atoms with Crippen molar-refractivity contribution in [2.24, 2.45) is 0 Å². The standard InChI is InChI=1S/C7H8O3S.C6H10ClNO4S/c1-6-2-4-7(5-3-6)11(8,9)10;1-13(11,12)5(7)2-4(8)3-6(9)10/h2-5H,1H3,(H,8,9,10);2,4H,3,8H2,1H3,(H,9,10)/b;5-2+/t;4-/m.1/s1. The molecule has 0 amide bonds. The normalized spacial score (nSPS) is 13.6. The summed E-state index contributed by atoms with van der Waals surface area (Å²) in [5.41, 5.74) is 4.35. The van der Waals surface area contributed by atoms with Gasteiger partial charge in [0.2, 0.25) is 0 Å². The van der Waals surface area contributed by atoms with Gasteiger partial charge in [0, 0.05) is 12.3 Å². The highest BCUT2D eigenvalue weighted by atomic mass is 35.5. The molecule has 0 aliphatic carbocycles. The second-order valence-electron chi connectivity index (χ2n) is 4.87. The van der Waals surface area contributed by atoms with E-state index in [1.54, 1.807) is 12.1 Å². The van der Waals surface area contributed by atoms with Gasteiger partial charge < -0.3 is 15.4 Å². The minimum Gasteiger partial charge on any atom is -0.744 e. The fourth-order valence-corrected chi connectivity index (χ4v) is 2.38. The van der Waals surface area contributed by atoms with Crippen LogP contribution >= 0.6 is 11.6 Å². The predicted octanol–water partition coefficient (Wildman–Crippen LogP) is 0.0955. The lowest BCUT2D eigenvalue weighted by atomic mass is 10.2. The number of carbonyl (C=O) groups is 1. The first-order valence-corrected chi connectivity index (χ1v) is 10.1. The van der Waals surface area contributed by atoms with Crippen molar-refractivity contribution >= 4 is 37.5 Å². The Morgan fingerprint density at radius 1 is 1.29 bits per heavy atom. The quantitative estimate of drug-likeness (QED) is 0.664. The fourth-order valence-electron chi connectivity index (χ4n) is 1.30. The highest BCUT2D eigenvalue weighted by molar-refractivity contribution is 7.96. The average Bonchev–Trinajstić information content (AvgIpc) is 2.36. The summed E-state index contributed by atoms with van der Waals surface area (Å²) in [6.45, 7) is 1.82. The Morgan fingerprint density at radius 3 is 2.08 bits per heavy atom. The van der Waals surface area contributed by atoms with Crippen molar-refractivity contribution in [3.05, 3.63) is 40.3 Å². The third-order valence-corrected chi connectivity index (χ3v) is 5.13. The number of carboxylic acids is 1. The molecule has 1 atom stereocenters. The van der Waals surface area contributed by atoms with Crippen molar-refractivity contribution in [2.75, 3.05) is 6.26 Å². The number of hydrogen-bond donors (Lipinski definition) is 2. The lowest BCUT2D eigenvalue weighted by molar-refractivity contribution is -0.402. The maximum Gasteiger partial charge on any atom is 0.309 e. The van der Waals surface area contributed by atoms with Crippen LogP contribution in [0.4, 0.5) is 0 Å². The molecule has 0 fully saturated rings. The van der Waals surface area contributed by atoms with Crippen LogP contribution in [0.2, 0.25) is 0 Å². The minimum absolute atomic E-state index is 0.178. The SMILES string of the molecule is CS(=O)(=O)/C(Cl)=C/[C@@H]([NH3+])CC(=O)O.Cc1ccc(S(=O)(=O)[O-])cc1. The van der Waals surface area contributed by atoms with Gasteiger partial charge in [0.25, 0.3) is 0 Å². The van der Waals surface area contributed by atoms with E-state index in [9.17, 15) is 26.2 Å². The van der Waals surface area contributed by atoms with Crippen LogP contribution < -0.4 is 5.73 Å². The zero-order valence-corrected chi connectivity index (χ0v) is 15.4. The van der Waals surface area contributed by atoms with Crippen LogP contribution in [0.25, 0.3) is 0 Å². The zero-order valence-electron chi connectivity index (χ0n) is 13.0. The van der Waals surface area contributed by atoms with E-state index in [4.69, 9.17) is 16.7 Å². The number of hydrogen-bond acceptors (Lipinski definition) is 6. The van der Waals surface area contributed by atoms with Crippen molar-refractivity contribution in [3.63, 3.8) is 0 Å². The molecule has 0 radical (unpaired) electrons. The highest BCUT2D eigenvalue weighted by Gasteiger charge is 2.14. The highest BCUT2D eigenvalue weighted by Crippen LogP contribution is 2.10. The predicted molar refractivity (Wildman–Crippen MR) is 86.9 cm³/mol. The fraction of sp³-hybridized carbons (Fsp3) is 0.308. The summed E-state index contributed by atoms with van der Waals surface area (Å²) in [6, 6.07) is 5.14. The van der Waals surface area contributed by atoms with E-state index in [1.165, 1.54) is 12.1 Å². The van der Waals surface area contributed by atoms with Gasteiger partial charge in [-0.25, -0.2) is 16.8 Å². The number of halogens is 1. The molecule has 0 heterocycles. The molecule has 0 spiro atoms. The Morgan fingerprint density at radius 2 is 1.75 bits per heavy atom. The summed E-state index contributed by atoms with van der Waals surface area (Å²) in [6.07, 6.45) is 1.82. The maximum atomic E-state index is 10.8. The van der Waals surface area contributed by atoms with Crippen molar-refractivity contribution in [1.82, 2.24) is 0 Å². The lowest BCUT2D eigenvalue weighted by Crippen LogP contribution is -2.60. The van der Waals surface area contributed by atoms with Crippen LogP contribution in [0.1, 0.15) is 12.0 Å². The molecule has 0 saturated heterocycles. The molecule has 0 saturated carbocycles. The summed E-state index contributed by atoms with van der Waals surface area (Å²) in [4.78, 5) is 10.0. The van der Waals surface area contributed by atoms with Gasteiger partial charge in [0.05, 0.1) is 4.90 Å². The first-order chi connectivity index (χ1) is 10.7. The number of carboxylic acid groups (broad SMARTS) is 1. The van der Waals surface area contributed by atoms with E-state index in [0.29, 0.717) is 0 Å². The smallest absolute Gasteiger partial charge is 0.309 e. The van der Waals surface area contributed by atoms with Crippen LogP contribution in [-0.4, -0.2) is 44.8 Å². The van der Waals surface area contributed by atoms with Crippen LogP contribution in [-0.2, 0) is 24.7 Å². The number of rotatable bonds is 5. The van der Waals surface area contributed by atoms with E-state index in [0.717, 1.165) is 17.9 Å². The molecule has 0 unspecified atom stereocenters. The second-order valence-corrected chi connectivity index (χ2v) is 8.86. The van der Waals surface area contributed by atoms with E-state index >= 15 is 0 Å². The molecule has 24 heavy (non-hydrogen) atoms. The molecule has 1 aromatic rings. The van der Waals surface area contributed by atoms with E-state index in [-0.39, 0.29) is 15.7 Å². The van der Waals surface area contributed by atoms with Crippen molar-refractivity contribution < 1.29 is 37.0 Å². The Bertz CT molecular complexity index is 799. The number of aliphatic carboxylic acids is 1. The Labute approximate surface area is 145 Å². The van der Waals surface area contributed by atoms with Crippen LogP contribution in [0.15, 0.2) is 39.6 Å². The summed E-state index contributed by atoms with van der Waals surface area (Å²) in [7, 11) is -7.71. The van der Waals surface area contributed by atoms with Gasteiger partial charge in [-0.3, -0.25) is 4.79 Å². The summed E-state index contributed by atoms with van der Waals surface area (Å²) < 4.78 is 52.4. The van der Waals surface area contributed by atoms with E-state index < -0.39 is 32.0 Å². The van der Waals surface area contributed by atoms with Gasteiger partial charge in [0.15, 0.2) is 9.84 Å². The number of aryl methyl sites for hydroxylation is 1. The number of benzene rings is 1. The topological polar surface area (TPSA) is 156 Å². The second kappa shape index (κ2) is 9.14. The van der Waals surface area contributed by atoms with Gasteiger partial charge in [-0.1, -0.05) is 29.3 Å². The molecule has 11 heteroatoms. The zero-order chi connectivity index (χ0) is 19.1. The maximum absolute atomic E-state index is 10.8. The first kappa shape index (κ1) is 22.5. The van der Waals surface area contributed by atoms with Crippen LogP contribution in [0.5, 0.6) is 0 Å². The van der Waals surface area contributed by atoms with Gasteiger partial charge in [-0.05, 0) is 19.1 Å². The molecule has 136 valence electrons. The third-order valence-electron chi connectivity index (χ3n) is 2.47. The average molecular weight is 400 g/mol. The van der Waals surface area contributed by atoms with Crippen molar-refractivity contribution in [3.8, 4) is 0 Å². The Kier molecular flexibility index (Phi) is 8.58. The third kappa shape index (κ3) is 9.63. The number of quaternary nitrogens is 1. The molecular formula is C13H18ClNO7S2. The van der Waals surface area contributed by atoms with Gasteiger partial charge in [-0.15, -0.1) is 0 Å². The molecule has 0 bridgehead atoms. The summed E-state index contributed by atoms with van der Waals surface area (Å²) in [5.74, 6) is -1.05. The van der Waals surface area contributed by atoms with Crippen LogP contribution in [0, 0.1) is 6.92 Å². The summed E-state index contributed by atoms with van der Waals surface area (Å²) in [5, 5.41) is 8.34. The van der Waals surface area contributed by atoms with Gasteiger partial charge >= 0.3 is 5.97 Å². The molecule has 1 aromatic carbocycles. The Hall–Kier alpha value is -1.46. The minimum atomic E-state index is -4.27. The van der Waals surface area contributed by atoms with Gasteiger partial charge in [0.1, 0.15) is 26.9 Å². The lowest BCUT2D eigenvalue weighted by Gasteiger charge is -2.05. The van der Waals surface area contributed by atoms with Crippen LogP contribution in [0.3, 0.4) is 0 Å². The van der Waals surface area contributed by atoms with E-state index in [1.807, 2.05) is 6.92 Å². The molecule has 1 rings (SSSR count). The monoisotopic (exact) mass is 399 g/mol. The molecule has 8 nitrogen and oxygen atoms in total. The number of sulfone groups is 1. The van der Waals surface area contributed by atoms with Crippen molar-refractivity contribution in [1.29, 1.82) is 0 Å². The molecule has 0 aromatic heterocycles. The molecule has 0 aliphatic rings. The first-order valence-electron chi connectivity index (χ1n) is 6.38. The largest absolute Gasteiger partial charge is 0.744 e. The van der Waals surface area contributed by atoms with E-state index in [2.05, 4.69) is 5.73 Å². The summed E-state index contributed by atoms with van der Waals surface area (Å²) >= 11 is 5.38. The molecule has 0 aliphatic heterocycles. The molecular weight excluding hydrogens is 382 g/mol. The Balaban J connectivity index is 0.000000446. The van der Waals surface area contributed by atoms with Crippen molar-refractivity contribution in [2.45, 2.75) is 24.3 Å².